The van der Waals surface area contributed by atoms with Gasteiger partial charge in [0.05, 0.1) is 44.2 Å². The van der Waals surface area contributed by atoms with Crippen molar-refractivity contribution in [1.29, 1.82) is 0 Å². The summed E-state index contributed by atoms with van der Waals surface area (Å²) in [5.74, 6) is -1.88. The number of aliphatic hydroxyl groups is 5. The number of hydrogen-bond acceptors (Lipinski definition) is 11. The summed E-state index contributed by atoms with van der Waals surface area (Å²) in [6, 6.07) is 0. The molecule has 3 aliphatic rings. The zero-order valence-corrected chi connectivity index (χ0v) is 16.0. The summed E-state index contributed by atoms with van der Waals surface area (Å²) in [5, 5.41) is 49.2. The van der Waals surface area contributed by atoms with Gasteiger partial charge < -0.3 is 49.2 Å². The second-order valence-corrected chi connectivity index (χ2v) is 7.05. The lowest BCUT2D eigenvalue weighted by Crippen LogP contribution is -2.60. The summed E-state index contributed by atoms with van der Waals surface area (Å²) < 4.78 is 26.8. The molecule has 1 fully saturated rings. The fourth-order valence-corrected chi connectivity index (χ4v) is 3.98. The van der Waals surface area contributed by atoms with Gasteiger partial charge in [0, 0.05) is 13.0 Å². The van der Waals surface area contributed by atoms with E-state index in [-0.39, 0.29) is 12.2 Å². The molecule has 0 aromatic carbocycles. The molecular formula is C18H26O11. The Labute approximate surface area is 166 Å². The van der Waals surface area contributed by atoms with Crippen LogP contribution in [0, 0.1) is 11.8 Å². The number of methoxy groups -OCH3 is 2. The number of rotatable bonds is 6. The average molecular weight is 418 g/mol. The fourth-order valence-electron chi connectivity index (χ4n) is 3.98. The summed E-state index contributed by atoms with van der Waals surface area (Å²) in [4.78, 5) is 12.2. The van der Waals surface area contributed by atoms with Crippen molar-refractivity contribution in [1.82, 2.24) is 0 Å². The zero-order valence-electron chi connectivity index (χ0n) is 16.0. The standard InChI is InChI=1S/C18H26O11/c1-25-9-3-7(4-19)11-12(9)8(16(24)26-2)6-27-17(11)29-18-15(23)14(22)13(21)10(5-20)28-18/h3,6,9-15,17-23H,4-5H2,1-2H3/t9-,10+,11+,12-,13+,14-,15+,17-,18-/m0/s1. The van der Waals surface area contributed by atoms with Crippen molar-refractivity contribution in [2.75, 3.05) is 27.4 Å². The van der Waals surface area contributed by atoms with Gasteiger partial charge in [-0.25, -0.2) is 4.79 Å². The molecule has 0 spiro atoms. The smallest absolute Gasteiger partial charge is 0.337 e. The van der Waals surface area contributed by atoms with E-state index in [0.29, 0.717) is 5.57 Å². The maximum atomic E-state index is 12.2. The Morgan fingerprint density at radius 2 is 1.79 bits per heavy atom. The second kappa shape index (κ2) is 9.06. The molecule has 3 rings (SSSR count). The maximum Gasteiger partial charge on any atom is 0.337 e. The van der Waals surface area contributed by atoms with Crippen molar-refractivity contribution >= 4 is 5.97 Å². The normalized spacial score (nSPS) is 41.8. The van der Waals surface area contributed by atoms with Gasteiger partial charge in [0.25, 0.3) is 0 Å². The Hall–Kier alpha value is -1.57. The molecule has 1 aliphatic carbocycles. The van der Waals surface area contributed by atoms with Crippen molar-refractivity contribution in [2.45, 2.75) is 43.1 Å². The monoisotopic (exact) mass is 418 g/mol. The van der Waals surface area contributed by atoms with E-state index in [2.05, 4.69) is 0 Å². The van der Waals surface area contributed by atoms with Crippen molar-refractivity contribution in [3.63, 3.8) is 0 Å². The highest BCUT2D eigenvalue weighted by molar-refractivity contribution is 5.89. The highest BCUT2D eigenvalue weighted by Crippen LogP contribution is 2.45. The van der Waals surface area contributed by atoms with Gasteiger partial charge in [-0.15, -0.1) is 0 Å². The van der Waals surface area contributed by atoms with Gasteiger partial charge in [-0.3, -0.25) is 0 Å². The van der Waals surface area contributed by atoms with Crippen LogP contribution in [0.5, 0.6) is 0 Å². The van der Waals surface area contributed by atoms with Gasteiger partial charge in [0.1, 0.15) is 24.4 Å². The molecule has 0 aromatic rings. The molecule has 1 saturated heterocycles. The molecule has 0 bridgehead atoms. The molecule has 5 N–H and O–H groups in total. The van der Waals surface area contributed by atoms with Crippen LogP contribution in [0.2, 0.25) is 0 Å². The molecule has 11 nitrogen and oxygen atoms in total. The summed E-state index contributed by atoms with van der Waals surface area (Å²) >= 11 is 0. The lowest BCUT2D eigenvalue weighted by Gasteiger charge is -2.43. The largest absolute Gasteiger partial charge is 0.471 e. The second-order valence-electron chi connectivity index (χ2n) is 7.05. The summed E-state index contributed by atoms with van der Waals surface area (Å²) in [5.41, 5.74) is 0.684. The maximum absolute atomic E-state index is 12.2. The third kappa shape index (κ3) is 3.92. The van der Waals surface area contributed by atoms with Crippen molar-refractivity contribution in [3.8, 4) is 0 Å². The highest BCUT2D eigenvalue weighted by atomic mass is 16.8. The van der Waals surface area contributed by atoms with Gasteiger partial charge in [-0.1, -0.05) is 6.08 Å². The van der Waals surface area contributed by atoms with E-state index in [4.69, 9.17) is 23.7 Å². The van der Waals surface area contributed by atoms with E-state index < -0.39 is 67.5 Å². The van der Waals surface area contributed by atoms with E-state index in [9.17, 15) is 30.3 Å². The van der Waals surface area contributed by atoms with E-state index >= 15 is 0 Å². The molecular weight excluding hydrogens is 392 g/mol. The molecule has 0 saturated carbocycles. The quantitative estimate of drug-likeness (QED) is 0.227. The minimum absolute atomic E-state index is 0.192. The van der Waals surface area contributed by atoms with Crippen LogP contribution in [0.25, 0.3) is 0 Å². The van der Waals surface area contributed by atoms with Crippen molar-refractivity contribution < 1.29 is 54.0 Å². The Morgan fingerprint density at radius 3 is 2.38 bits per heavy atom. The van der Waals surface area contributed by atoms with Crippen LogP contribution in [-0.2, 0) is 28.5 Å². The molecule has 0 radical (unpaired) electrons. The minimum Gasteiger partial charge on any atom is -0.471 e. The first kappa shape index (κ1) is 22.1. The van der Waals surface area contributed by atoms with Crippen molar-refractivity contribution in [3.05, 3.63) is 23.5 Å². The average Bonchev–Trinajstić information content (AvgIpc) is 3.13. The fraction of sp³-hybridized carbons (Fsp3) is 0.722. The topological polar surface area (TPSA) is 164 Å². The molecule has 11 heteroatoms. The molecule has 29 heavy (non-hydrogen) atoms. The Balaban J connectivity index is 1.87. The van der Waals surface area contributed by atoms with Crippen LogP contribution in [0.1, 0.15) is 0 Å². The first-order valence-corrected chi connectivity index (χ1v) is 9.11. The number of aliphatic hydroxyl groups excluding tert-OH is 5. The first-order valence-electron chi connectivity index (χ1n) is 9.11. The number of ether oxygens (including phenoxy) is 5. The van der Waals surface area contributed by atoms with E-state index in [1.807, 2.05) is 0 Å². The number of fused-ring (bicyclic) bond motifs is 1. The predicted octanol–water partition coefficient (Wildman–Crippen LogP) is -2.60. The Kier molecular flexibility index (Phi) is 6.91. The Bertz CT molecular complexity index is 660. The van der Waals surface area contributed by atoms with Crippen LogP contribution in [0.4, 0.5) is 0 Å². The molecule has 9 atom stereocenters. The van der Waals surface area contributed by atoms with E-state index in [0.717, 1.165) is 0 Å². The molecule has 2 aliphatic heterocycles. The highest BCUT2D eigenvalue weighted by Gasteiger charge is 2.52. The van der Waals surface area contributed by atoms with E-state index in [1.54, 1.807) is 6.08 Å². The Morgan fingerprint density at radius 1 is 1.07 bits per heavy atom. The van der Waals surface area contributed by atoms with Crippen LogP contribution < -0.4 is 0 Å². The van der Waals surface area contributed by atoms with Crippen LogP contribution in [0.3, 0.4) is 0 Å². The summed E-state index contributed by atoms with van der Waals surface area (Å²) in [7, 11) is 2.68. The number of hydrogen-bond donors (Lipinski definition) is 5. The molecule has 0 amide bonds. The number of carbonyl (C=O) groups excluding carboxylic acids is 1. The van der Waals surface area contributed by atoms with Crippen LogP contribution >= 0.6 is 0 Å². The molecule has 0 aromatic heterocycles. The van der Waals surface area contributed by atoms with Crippen LogP contribution in [-0.4, -0.2) is 102 Å². The van der Waals surface area contributed by atoms with Crippen molar-refractivity contribution in [2.24, 2.45) is 11.8 Å². The van der Waals surface area contributed by atoms with Gasteiger partial charge in [0.2, 0.25) is 6.29 Å². The third-order valence-electron chi connectivity index (χ3n) is 5.52. The third-order valence-corrected chi connectivity index (χ3v) is 5.52. The zero-order chi connectivity index (χ0) is 21.3. The van der Waals surface area contributed by atoms with Gasteiger partial charge in [-0.05, 0) is 5.57 Å². The van der Waals surface area contributed by atoms with Gasteiger partial charge in [-0.2, -0.15) is 0 Å². The molecule has 164 valence electrons. The minimum atomic E-state index is -1.62. The number of carbonyl (C=O) groups is 1. The van der Waals surface area contributed by atoms with E-state index in [1.165, 1.54) is 20.5 Å². The SMILES string of the molecule is COC(=O)C1=CO[C@@H](O[C@@H]2O[C@H](CO)[C@@H](O)[C@H](O)[C@H]2O)[C@@H]2C(CO)=C[C@H](OC)[C@H]12. The number of esters is 1. The predicted molar refractivity (Wildman–Crippen MR) is 92.8 cm³/mol. The molecule has 2 heterocycles. The summed E-state index contributed by atoms with van der Waals surface area (Å²) in [6.45, 7) is -0.963. The lowest BCUT2D eigenvalue weighted by molar-refractivity contribution is -0.340. The first-order chi connectivity index (χ1) is 13.9. The van der Waals surface area contributed by atoms with Gasteiger partial charge >= 0.3 is 5.97 Å². The lowest BCUT2D eigenvalue weighted by atomic mass is 9.82. The van der Waals surface area contributed by atoms with Gasteiger partial charge in [0.15, 0.2) is 6.29 Å². The van der Waals surface area contributed by atoms with Crippen LogP contribution in [0.15, 0.2) is 23.5 Å². The summed E-state index contributed by atoms with van der Waals surface area (Å²) in [6.07, 6.45) is -6.21. The molecule has 0 unspecified atom stereocenters.